The summed E-state index contributed by atoms with van der Waals surface area (Å²) >= 11 is 0. The molecule has 0 aromatic heterocycles. The molecule has 0 radical (unpaired) electrons. The molecule has 0 heterocycles. The number of nitrogens with two attached hydrogens (primary N) is 2. The number of hydrogen-bond donors (Lipinski definition) is 10. The maximum atomic E-state index is 11.2. The van der Waals surface area contributed by atoms with Crippen molar-refractivity contribution in [3.05, 3.63) is 0 Å². The first-order chi connectivity index (χ1) is 9.21. The van der Waals surface area contributed by atoms with E-state index in [0.717, 1.165) is 0 Å². The standard InChI is InChI=1S/C4H16N2O12P4/c5-3(19(7,8)9,20(10,11)12)1-2-4(6,21(13,14)15)22(16,17)18/h1-2,5-6H2,(H2,7,8,9)(H2,10,11,12)(H2,13,14,15)(H2,16,17,18). The third kappa shape index (κ3) is 4.13. The van der Waals surface area contributed by atoms with Crippen molar-refractivity contribution >= 4 is 30.4 Å². The average Bonchev–Trinajstić information content (AvgIpc) is 2.18. The monoisotopic (exact) mass is 408 g/mol. The quantitative estimate of drug-likeness (QED) is 0.198. The molecule has 0 rings (SSSR count). The predicted octanol–water partition coefficient (Wildman–Crippen LogP) is -2.30. The van der Waals surface area contributed by atoms with Gasteiger partial charge in [0, 0.05) is 0 Å². The van der Waals surface area contributed by atoms with E-state index in [1.807, 2.05) is 0 Å². The average molecular weight is 408 g/mol. The summed E-state index contributed by atoms with van der Waals surface area (Å²) in [5, 5.41) is -7.23. The molecule has 0 bridgehead atoms. The van der Waals surface area contributed by atoms with Gasteiger partial charge in [-0.15, -0.1) is 0 Å². The van der Waals surface area contributed by atoms with Crippen LogP contribution in [0.5, 0.6) is 0 Å². The molecule has 0 fully saturated rings. The third-order valence-corrected chi connectivity index (χ3v) is 10.9. The fourth-order valence-corrected chi connectivity index (χ4v) is 5.62. The summed E-state index contributed by atoms with van der Waals surface area (Å²) in [6, 6.07) is 0. The van der Waals surface area contributed by atoms with Gasteiger partial charge in [-0.1, -0.05) is 0 Å². The van der Waals surface area contributed by atoms with E-state index < -0.39 is 53.3 Å². The van der Waals surface area contributed by atoms with Crippen LogP contribution in [0.1, 0.15) is 12.8 Å². The number of rotatable bonds is 7. The maximum Gasteiger partial charge on any atom is 0.357 e. The second kappa shape index (κ2) is 6.11. The molecule has 0 aliphatic carbocycles. The molecule has 0 aliphatic heterocycles. The minimum Gasteiger partial charge on any atom is -0.323 e. The summed E-state index contributed by atoms with van der Waals surface area (Å²) in [4.78, 5) is 71.5. The van der Waals surface area contributed by atoms with Gasteiger partial charge >= 0.3 is 30.4 Å². The molecule has 14 nitrogen and oxygen atoms in total. The molecular weight excluding hydrogens is 392 g/mol. The fraction of sp³-hybridized carbons (Fsp3) is 1.00. The van der Waals surface area contributed by atoms with Gasteiger partial charge in [-0.25, -0.2) is 0 Å². The molecule has 0 unspecified atom stereocenters. The highest BCUT2D eigenvalue weighted by Gasteiger charge is 2.62. The summed E-state index contributed by atoms with van der Waals surface area (Å²) in [7, 11) is -23.0. The normalized spacial score (nSPS) is 15.9. The van der Waals surface area contributed by atoms with Crippen molar-refractivity contribution in [3.8, 4) is 0 Å². The molecule has 0 saturated heterocycles. The molecule has 0 amide bonds. The lowest BCUT2D eigenvalue weighted by Gasteiger charge is -2.35. The molecule has 0 atom stereocenters. The second-order valence-corrected chi connectivity index (χ2v) is 12.7. The molecule has 0 aromatic rings. The summed E-state index contributed by atoms with van der Waals surface area (Å²) in [5.74, 6) is 0. The van der Waals surface area contributed by atoms with Crippen molar-refractivity contribution in [1.29, 1.82) is 0 Å². The van der Waals surface area contributed by atoms with Crippen LogP contribution in [0, 0.1) is 0 Å². The first kappa shape index (κ1) is 22.5. The Morgan fingerprint density at radius 3 is 0.773 bits per heavy atom. The van der Waals surface area contributed by atoms with Gasteiger partial charge in [0.05, 0.1) is 0 Å². The molecule has 134 valence electrons. The molecule has 0 aromatic carbocycles. The van der Waals surface area contributed by atoms with Gasteiger partial charge in [0.2, 0.25) is 10.0 Å². The topological polar surface area (TPSA) is 282 Å². The lowest BCUT2D eigenvalue weighted by Crippen LogP contribution is -2.45. The summed E-state index contributed by atoms with van der Waals surface area (Å²) < 4.78 is 44.7. The Labute approximate surface area is 123 Å². The van der Waals surface area contributed by atoms with Crippen LogP contribution in [0.25, 0.3) is 0 Å². The van der Waals surface area contributed by atoms with Crippen LogP contribution in [-0.2, 0) is 18.3 Å². The van der Waals surface area contributed by atoms with E-state index in [4.69, 9.17) is 50.6 Å². The van der Waals surface area contributed by atoms with E-state index in [9.17, 15) is 18.3 Å². The minimum atomic E-state index is -5.75. The SMILES string of the molecule is NC(CCC(N)(P(=O)(O)O)P(=O)(O)O)(P(=O)(O)O)P(=O)(O)O. The zero-order valence-corrected chi connectivity index (χ0v) is 14.1. The Morgan fingerprint density at radius 1 is 0.545 bits per heavy atom. The van der Waals surface area contributed by atoms with Crippen molar-refractivity contribution in [1.82, 2.24) is 0 Å². The van der Waals surface area contributed by atoms with Crippen molar-refractivity contribution in [2.24, 2.45) is 11.5 Å². The van der Waals surface area contributed by atoms with Crippen LogP contribution in [0.15, 0.2) is 0 Å². The van der Waals surface area contributed by atoms with Crippen molar-refractivity contribution < 1.29 is 57.4 Å². The van der Waals surface area contributed by atoms with E-state index in [-0.39, 0.29) is 0 Å². The fourth-order valence-electron chi connectivity index (χ4n) is 1.29. The first-order valence-corrected chi connectivity index (χ1v) is 11.5. The van der Waals surface area contributed by atoms with E-state index >= 15 is 0 Å². The second-order valence-electron chi connectivity index (χ2n) is 4.43. The summed E-state index contributed by atoms with van der Waals surface area (Å²) in [6.45, 7) is 0. The Bertz CT molecular complexity index is 509. The van der Waals surface area contributed by atoms with Crippen LogP contribution in [0.3, 0.4) is 0 Å². The zero-order chi connectivity index (χ0) is 18.4. The first-order valence-electron chi connectivity index (χ1n) is 5.01. The van der Waals surface area contributed by atoms with Crippen LogP contribution < -0.4 is 11.5 Å². The number of hydrogen-bond acceptors (Lipinski definition) is 6. The summed E-state index contributed by atoms with van der Waals surface area (Å²) in [6.07, 6.45) is -3.15. The Hall–Kier alpha value is 0.520. The van der Waals surface area contributed by atoms with Crippen LogP contribution in [0.2, 0.25) is 0 Å². The van der Waals surface area contributed by atoms with E-state index in [1.165, 1.54) is 0 Å². The van der Waals surface area contributed by atoms with Crippen LogP contribution in [-0.4, -0.2) is 49.2 Å². The Morgan fingerprint density at radius 2 is 0.682 bits per heavy atom. The van der Waals surface area contributed by atoms with Gasteiger partial charge in [-0.3, -0.25) is 18.3 Å². The van der Waals surface area contributed by atoms with Gasteiger partial charge in [-0.2, -0.15) is 0 Å². The molecule has 18 heteroatoms. The van der Waals surface area contributed by atoms with Gasteiger partial charge in [0.25, 0.3) is 0 Å². The molecule has 22 heavy (non-hydrogen) atoms. The lowest BCUT2D eigenvalue weighted by molar-refractivity contribution is 0.278. The largest absolute Gasteiger partial charge is 0.357 e. The van der Waals surface area contributed by atoms with Gasteiger partial charge < -0.3 is 50.6 Å². The molecule has 0 spiro atoms. The van der Waals surface area contributed by atoms with E-state index in [2.05, 4.69) is 0 Å². The maximum absolute atomic E-state index is 11.2. The Balaban J connectivity index is 5.94. The van der Waals surface area contributed by atoms with E-state index in [1.54, 1.807) is 0 Å². The lowest BCUT2D eigenvalue weighted by atomic mass is 10.3. The van der Waals surface area contributed by atoms with Gasteiger partial charge in [-0.05, 0) is 12.8 Å². The highest BCUT2D eigenvalue weighted by molar-refractivity contribution is 7.73. The highest BCUT2D eigenvalue weighted by Crippen LogP contribution is 2.72. The van der Waals surface area contributed by atoms with Crippen molar-refractivity contribution in [3.63, 3.8) is 0 Å². The van der Waals surface area contributed by atoms with E-state index in [0.29, 0.717) is 0 Å². The smallest absolute Gasteiger partial charge is 0.323 e. The Kier molecular flexibility index (Phi) is 6.25. The van der Waals surface area contributed by atoms with Crippen LogP contribution >= 0.6 is 30.4 Å². The predicted molar refractivity (Wildman–Crippen MR) is 71.2 cm³/mol. The third-order valence-electron chi connectivity index (χ3n) is 2.88. The van der Waals surface area contributed by atoms with Crippen molar-refractivity contribution in [2.75, 3.05) is 0 Å². The van der Waals surface area contributed by atoms with Crippen LogP contribution in [0.4, 0.5) is 0 Å². The highest BCUT2D eigenvalue weighted by atomic mass is 31.2. The van der Waals surface area contributed by atoms with Crippen molar-refractivity contribution in [2.45, 2.75) is 22.9 Å². The van der Waals surface area contributed by atoms with Gasteiger partial charge in [0.1, 0.15) is 0 Å². The molecule has 0 saturated carbocycles. The molecular formula is C4H16N2O12P4. The minimum absolute atomic E-state index is 1.58. The molecule has 12 N–H and O–H groups in total. The molecule has 0 aliphatic rings. The zero-order valence-electron chi connectivity index (χ0n) is 10.6. The summed E-state index contributed by atoms with van der Waals surface area (Å²) in [5.41, 5.74) is 9.92. The van der Waals surface area contributed by atoms with Gasteiger partial charge in [0.15, 0.2) is 0 Å².